The van der Waals surface area contributed by atoms with Gasteiger partial charge in [-0.15, -0.1) is 11.3 Å². The molecule has 1 aliphatic carbocycles. The van der Waals surface area contributed by atoms with E-state index in [4.69, 9.17) is 0 Å². The molecule has 1 aromatic rings. The molecule has 1 N–H and O–H groups in total. The van der Waals surface area contributed by atoms with Crippen LogP contribution in [0.25, 0.3) is 0 Å². The number of nitrogens with zero attached hydrogens (tertiary/aromatic N) is 2. The van der Waals surface area contributed by atoms with E-state index in [0.717, 1.165) is 19.0 Å². The molecule has 2 fully saturated rings. The maximum Gasteiger partial charge on any atom is 0.0900 e. The second-order valence-corrected chi connectivity index (χ2v) is 7.68. The van der Waals surface area contributed by atoms with Gasteiger partial charge in [0, 0.05) is 36.1 Å². The molecule has 4 heteroatoms. The monoisotopic (exact) mass is 279 g/mol. The van der Waals surface area contributed by atoms with Crippen LogP contribution in [0.15, 0.2) is 0 Å². The lowest BCUT2D eigenvalue weighted by Crippen LogP contribution is -2.60. The lowest BCUT2D eigenvalue weighted by molar-refractivity contribution is 0.0956. The van der Waals surface area contributed by atoms with Gasteiger partial charge >= 0.3 is 0 Å². The summed E-state index contributed by atoms with van der Waals surface area (Å²) in [4.78, 5) is 8.69. The predicted octanol–water partition coefficient (Wildman–Crippen LogP) is 2.89. The summed E-state index contributed by atoms with van der Waals surface area (Å²) in [6.45, 7) is 12.5. The van der Waals surface area contributed by atoms with Gasteiger partial charge in [-0.1, -0.05) is 0 Å². The first-order valence-corrected chi connectivity index (χ1v) is 8.24. The Bertz CT molecular complexity index is 466. The molecule has 1 aromatic heterocycles. The topological polar surface area (TPSA) is 28.2 Å². The van der Waals surface area contributed by atoms with Crippen LogP contribution in [0.2, 0.25) is 0 Å². The number of rotatable bonds is 3. The van der Waals surface area contributed by atoms with Crippen molar-refractivity contribution in [3.05, 3.63) is 15.6 Å². The molecule has 1 saturated heterocycles. The molecule has 2 atom stereocenters. The third-order valence-electron chi connectivity index (χ3n) is 4.80. The molecule has 106 valence electrons. The van der Waals surface area contributed by atoms with Crippen molar-refractivity contribution in [2.75, 3.05) is 19.6 Å². The molecule has 3 nitrogen and oxygen atoms in total. The maximum absolute atomic E-state index is 4.59. The van der Waals surface area contributed by atoms with E-state index in [-0.39, 0.29) is 0 Å². The first-order valence-electron chi connectivity index (χ1n) is 7.42. The number of thiazole rings is 1. The molecular formula is C15H25N3S. The summed E-state index contributed by atoms with van der Waals surface area (Å²) in [5, 5.41) is 4.95. The van der Waals surface area contributed by atoms with Crippen molar-refractivity contribution in [2.24, 2.45) is 5.92 Å². The molecule has 0 radical (unpaired) electrons. The van der Waals surface area contributed by atoms with E-state index < -0.39 is 0 Å². The van der Waals surface area contributed by atoms with Crippen LogP contribution in [0.1, 0.15) is 48.3 Å². The van der Waals surface area contributed by atoms with E-state index in [1.807, 2.05) is 11.3 Å². The zero-order valence-corrected chi connectivity index (χ0v) is 13.3. The van der Waals surface area contributed by atoms with Crippen molar-refractivity contribution in [3.63, 3.8) is 0 Å². The van der Waals surface area contributed by atoms with Gasteiger partial charge in [0.15, 0.2) is 0 Å². The maximum atomic E-state index is 4.59. The summed E-state index contributed by atoms with van der Waals surface area (Å²) in [5.74, 6) is 0.895. The molecule has 0 bridgehead atoms. The van der Waals surface area contributed by atoms with Gasteiger partial charge < -0.3 is 5.32 Å². The molecule has 0 spiro atoms. The molecule has 0 amide bonds. The molecule has 1 saturated carbocycles. The van der Waals surface area contributed by atoms with Crippen molar-refractivity contribution >= 4 is 11.3 Å². The molecule has 2 heterocycles. The third-order valence-corrected chi connectivity index (χ3v) is 6.05. The van der Waals surface area contributed by atoms with Gasteiger partial charge in [0.2, 0.25) is 0 Å². The van der Waals surface area contributed by atoms with Gasteiger partial charge in [0.05, 0.1) is 10.7 Å². The lowest BCUT2D eigenvalue weighted by atomic mass is 9.92. The second-order valence-electron chi connectivity index (χ2n) is 6.45. The molecular weight excluding hydrogens is 254 g/mol. The Labute approximate surface area is 120 Å². The lowest BCUT2D eigenvalue weighted by Gasteiger charge is -2.44. The van der Waals surface area contributed by atoms with Gasteiger partial charge in [0.25, 0.3) is 0 Å². The highest BCUT2D eigenvalue weighted by Crippen LogP contribution is 2.42. The first-order chi connectivity index (χ1) is 8.99. The van der Waals surface area contributed by atoms with Crippen LogP contribution >= 0.6 is 11.3 Å². The smallest absolute Gasteiger partial charge is 0.0900 e. The Morgan fingerprint density at radius 2 is 2.16 bits per heavy atom. The standard InChI is InChI=1S/C15H25N3S/c1-10-14(19-12(3)17-10)11(2)18-8-7-16-15(4,9-18)13-5-6-13/h11,13,16H,5-9H2,1-4H3. The number of nitrogens with one attached hydrogen (secondary N) is 1. The summed E-state index contributed by atoms with van der Waals surface area (Å²) in [6.07, 6.45) is 2.81. The van der Waals surface area contributed by atoms with Gasteiger partial charge in [0.1, 0.15) is 0 Å². The van der Waals surface area contributed by atoms with Crippen LogP contribution in [0.3, 0.4) is 0 Å². The Kier molecular flexibility index (Phi) is 3.44. The SMILES string of the molecule is Cc1nc(C)c(C(C)N2CCNC(C)(C3CC3)C2)s1. The van der Waals surface area contributed by atoms with Gasteiger partial charge in [-0.2, -0.15) is 0 Å². The molecule has 2 aliphatic rings. The van der Waals surface area contributed by atoms with Crippen molar-refractivity contribution in [3.8, 4) is 0 Å². The quantitative estimate of drug-likeness (QED) is 0.922. The summed E-state index contributed by atoms with van der Waals surface area (Å²) < 4.78 is 0. The highest BCUT2D eigenvalue weighted by Gasteiger charge is 2.44. The minimum atomic E-state index is 0.333. The highest BCUT2D eigenvalue weighted by atomic mass is 32.1. The average molecular weight is 279 g/mol. The van der Waals surface area contributed by atoms with Crippen LogP contribution in [-0.4, -0.2) is 35.1 Å². The number of hydrogen-bond donors (Lipinski definition) is 1. The Hall–Kier alpha value is -0.450. The van der Waals surface area contributed by atoms with E-state index in [2.05, 4.69) is 42.9 Å². The normalized spacial score (nSPS) is 30.5. The van der Waals surface area contributed by atoms with E-state index >= 15 is 0 Å². The van der Waals surface area contributed by atoms with Crippen LogP contribution in [0, 0.1) is 19.8 Å². The fraction of sp³-hybridized carbons (Fsp3) is 0.800. The highest BCUT2D eigenvalue weighted by molar-refractivity contribution is 7.11. The van der Waals surface area contributed by atoms with Crippen molar-refractivity contribution in [2.45, 2.75) is 52.1 Å². The second kappa shape index (κ2) is 4.83. The molecule has 2 unspecified atom stereocenters. The predicted molar refractivity (Wildman–Crippen MR) is 80.7 cm³/mol. The number of hydrogen-bond acceptors (Lipinski definition) is 4. The Morgan fingerprint density at radius 1 is 1.42 bits per heavy atom. The summed E-state index contributed by atoms with van der Waals surface area (Å²) in [5.41, 5.74) is 1.56. The van der Waals surface area contributed by atoms with E-state index in [0.29, 0.717) is 11.6 Å². The fourth-order valence-electron chi connectivity index (χ4n) is 3.47. The number of piperazine rings is 1. The molecule has 19 heavy (non-hydrogen) atoms. The summed E-state index contributed by atoms with van der Waals surface area (Å²) in [7, 11) is 0. The zero-order valence-electron chi connectivity index (χ0n) is 12.5. The van der Waals surface area contributed by atoms with Gasteiger partial charge in [-0.05, 0) is 46.5 Å². The van der Waals surface area contributed by atoms with Crippen LogP contribution in [0.5, 0.6) is 0 Å². The first kappa shape index (κ1) is 13.5. The van der Waals surface area contributed by atoms with E-state index in [1.54, 1.807) is 0 Å². The van der Waals surface area contributed by atoms with Crippen molar-refractivity contribution < 1.29 is 0 Å². The van der Waals surface area contributed by atoms with Crippen molar-refractivity contribution in [1.82, 2.24) is 15.2 Å². The van der Waals surface area contributed by atoms with Crippen LogP contribution in [-0.2, 0) is 0 Å². The fourth-order valence-corrected chi connectivity index (χ4v) is 4.48. The Morgan fingerprint density at radius 3 is 2.74 bits per heavy atom. The van der Waals surface area contributed by atoms with E-state index in [1.165, 1.54) is 35.0 Å². The summed E-state index contributed by atoms with van der Waals surface area (Å²) >= 11 is 1.87. The number of aromatic nitrogens is 1. The average Bonchev–Trinajstić information content (AvgIpc) is 3.15. The van der Waals surface area contributed by atoms with Crippen molar-refractivity contribution in [1.29, 1.82) is 0 Å². The molecule has 0 aromatic carbocycles. The molecule has 3 rings (SSSR count). The minimum Gasteiger partial charge on any atom is -0.309 e. The Balaban J connectivity index is 1.76. The summed E-state index contributed by atoms with van der Waals surface area (Å²) in [6, 6.07) is 0.506. The largest absolute Gasteiger partial charge is 0.309 e. The third kappa shape index (κ3) is 2.58. The number of aryl methyl sites for hydroxylation is 2. The van der Waals surface area contributed by atoms with Crippen LogP contribution in [0.4, 0.5) is 0 Å². The van der Waals surface area contributed by atoms with Gasteiger partial charge in [-0.3, -0.25) is 4.90 Å². The zero-order chi connectivity index (χ0) is 13.6. The molecule has 1 aliphatic heterocycles. The minimum absolute atomic E-state index is 0.333. The van der Waals surface area contributed by atoms with Crippen LogP contribution < -0.4 is 5.32 Å². The van der Waals surface area contributed by atoms with E-state index in [9.17, 15) is 0 Å². The van der Waals surface area contributed by atoms with Gasteiger partial charge in [-0.25, -0.2) is 4.98 Å².